The number of carbonyl (C=O) groups is 1. The summed E-state index contributed by atoms with van der Waals surface area (Å²) in [4.78, 5) is 10.8. The first-order chi connectivity index (χ1) is 4.84. The van der Waals surface area contributed by atoms with Crippen LogP contribution in [0.15, 0.2) is 5.10 Å². The van der Waals surface area contributed by atoms with Gasteiger partial charge in [-0.15, -0.1) is 0 Å². The predicted molar refractivity (Wildman–Crippen MR) is 40.1 cm³/mol. The van der Waals surface area contributed by atoms with Crippen molar-refractivity contribution in [2.24, 2.45) is 5.10 Å². The van der Waals surface area contributed by atoms with Crippen LogP contribution in [0.3, 0.4) is 0 Å². The molecule has 1 aliphatic heterocycles. The van der Waals surface area contributed by atoms with Crippen molar-refractivity contribution in [2.75, 3.05) is 18.9 Å². The Bertz CT molecular complexity index is 160. The molecular formula is C5H8N2O2S. The molecule has 5 heteroatoms. The Morgan fingerprint density at radius 1 is 1.90 bits per heavy atom. The summed E-state index contributed by atoms with van der Waals surface area (Å²) in [5.74, 6) is 0.640. The summed E-state index contributed by atoms with van der Waals surface area (Å²) < 4.78 is 0. The van der Waals surface area contributed by atoms with Crippen molar-refractivity contribution in [1.29, 1.82) is 0 Å². The normalized spacial score (nSPS) is 18.1. The number of amides is 1. The van der Waals surface area contributed by atoms with Crippen molar-refractivity contribution in [3.8, 4) is 0 Å². The van der Waals surface area contributed by atoms with Crippen LogP contribution in [0.2, 0.25) is 0 Å². The van der Waals surface area contributed by atoms with Crippen molar-refractivity contribution in [2.45, 2.75) is 0 Å². The van der Waals surface area contributed by atoms with E-state index in [0.29, 0.717) is 12.3 Å². The SMILES string of the molecule is O=C1SCC=NN1CCO. The molecular weight excluding hydrogens is 152 g/mol. The lowest BCUT2D eigenvalue weighted by Crippen LogP contribution is -2.28. The lowest BCUT2D eigenvalue weighted by molar-refractivity contribution is 0.200. The predicted octanol–water partition coefficient (Wildman–Crippen LogP) is 0.133. The summed E-state index contributed by atoms with van der Waals surface area (Å²) in [6.45, 7) is 0.256. The van der Waals surface area contributed by atoms with Crippen LogP contribution < -0.4 is 0 Å². The molecule has 1 aliphatic rings. The third kappa shape index (κ3) is 1.71. The second-order valence-corrected chi connectivity index (χ2v) is 2.69. The Balaban J connectivity index is 2.47. The van der Waals surface area contributed by atoms with Crippen molar-refractivity contribution >= 4 is 23.2 Å². The molecule has 1 N–H and O–H groups in total. The largest absolute Gasteiger partial charge is 0.394 e. The molecule has 0 atom stereocenters. The molecule has 56 valence electrons. The summed E-state index contributed by atoms with van der Waals surface area (Å²) in [7, 11) is 0. The quantitative estimate of drug-likeness (QED) is 0.624. The van der Waals surface area contributed by atoms with Crippen LogP contribution in [-0.4, -0.2) is 40.5 Å². The molecule has 0 aliphatic carbocycles. The molecule has 0 unspecified atom stereocenters. The highest BCUT2D eigenvalue weighted by Crippen LogP contribution is 2.11. The number of hydrogen-bond donors (Lipinski definition) is 1. The van der Waals surface area contributed by atoms with Crippen LogP contribution >= 0.6 is 11.8 Å². The van der Waals surface area contributed by atoms with Crippen LogP contribution in [0.4, 0.5) is 4.79 Å². The van der Waals surface area contributed by atoms with E-state index in [1.807, 2.05) is 0 Å². The van der Waals surface area contributed by atoms with E-state index in [0.717, 1.165) is 0 Å². The first-order valence-electron chi connectivity index (χ1n) is 2.92. The van der Waals surface area contributed by atoms with E-state index in [1.54, 1.807) is 6.21 Å². The van der Waals surface area contributed by atoms with E-state index in [4.69, 9.17) is 5.11 Å². The topological polar surface area (TPSA) is 52.9 Å². The van der Waals surface area contributed by atoms with E-state index in [-0.39, 0.29) is 11.8 Å². The van der Waals surface area contributed by atoms with Crippen molar-refractivity contribution in [1.82, 2.24) is 5.01 Å². The van der Waals surface area contributed by atoms with Crippen LogP contribution in [0, 0.1) is 0 Å². The van der Waals surface area contributed by atoms with E-state index >= 15 is 0 Å². The molecule has 0 fully saturated rings. The first-order valence-corrected chi connectivity index (χ1v) is 3.91. The highest BCUT2D eigenvalue weighted by Gasteiger charge is 2.14. The van der Waals surface area contributed by atoms with Gasteiger partial charge in [-0.05, 0) is 0 Å². The summed E-state index contributed by atoms with van der Waals surface area (Å²) in [6.07, 6.45) is 1.65. The van der Waals surface area contributed by atoms with Gasteiger partial charge in [-0.3, -0.25) is 4.79 Å². The zero-order valence-electron chi connectivity index (χ0n) is 5.36. The molecule has 10 heavy (non-hydrogen) atoms. The average Bonchev–Trinajstić information content (AvgIpc) is 1.94. The maximum absolute atomic E-state index is 10.8. The summed E-state index contributed by atoms with van der Waals surface area (Å²) in [5.41, 5.74) is 0. The zero-order valence-corrected chi connectivity index (χ0v) is 6.17. The van der Waals surface area contributed by atoms with Crippen molar-refractivity contribution in [3.05, 3.63) is 0 Å². The monoisotopic (exact) mass is 160 g/mol. The van der Waals surface area contributed by atoms with Gasteiger partial charge in [-0.2, -0.15) is 5.10 Å². The van der Waals surface area contributed by atoms with Gasteiger partial charge in [0.05, 0.1) is 13.2 Å². The third-order valence-electron chi connectivity index (χ3n) is 1.02. The van der Waals surface area contributed by atoms with Gasteiger partial charge < -0.3 is 5.11 Å². The fourth-order valence-electron chi connectivity index (χ4n) is 0.606. The van der Waals surface area contributed by atoms with Gasteiger partial charge in [0.2, 0.25) is 0 Å². The number of rotatable bonds is 2. The smallest absolute Gasteiger partial charge is 0.302 e. The summed E-state index contributed by atoms with van der Waals surface area (Å²) >= 11 is 1.19. The molecule has 1 heterocycles. The summed E-state index contributed by atoms with van der Waals surface area (Å²) in [6, 6.07) is 0. The van der Waals surface area contributed by atoms with E-state index in [9.17, 15) is 4.79 Å². The van der Waals surface area contributed by atoms with E-state index in [2.05, 4.69) is 5.10 Å². The highest BCUT2D eigenvalue weighted by molar-refractivity contribution is 8.14. The van der Waals surface area contributed by atoms with Crippen LogP contribution in [-0.2, 0) is 0 Å². The Morgan fingerprint density at radius 3 is 3.30 bits per heavy atom. The maximum atomic E-state index is 10.8. The lowest BCUT2D eigenvalue weighted by Gasteiger charge is -2.17. The molecule has 0 aromatic heterocycles. The minimum Gasteiger partial charge on any atom is -0.394 e. The molecule has 0 aromatic rings. The summed E-state index contributed by atoms with van der Waals surface area (Å²) in [5, 5.41) is 13.4. The molecule has 4 nitrogen and oxygen atoms in total. The Labute approximate surface area is 62.9 Å². The minimum absolute atomic E-state index is 0.0381. The number of aliphatic hydroxyl groups excluding tert-OH is 1. The van der Waals surface area contributed by atoms with Crippen LogP contribution in [0.1, 0.15) is 0 Å². The molecule has 1 amide bonds. The van der Waals surface area contributed by atoms with Gasteiger partial charge in [0.25, 0.3) is 0 Å². The number of aliphatic hydroxyl groups is 1. The molecule has 1 rings (SSSR count). The van der Waals surface area contributed by atoms with Crippen molar-refractivity contribution < 1.29 is 9.90 Å². The standard InChI is InChI=1S/C5H8N2O2S/c8-3-2-7-5(9)10-4-1-6-7/h1,8H,2-4H2. The fourth-order valence-corrected chi connectivity index (χ4v) is 1.18. The number of nitrogens with zero attached hydrogens (tertiary/aromatic N) is 2. The molecule has 0 saturated heterocycles. The van der Waals surface area contributed by atoms with Crippen LogP contribution in [0.5, 0.6) is 0 Å². The van der Waals surface area contributed by atoms with Gasteiger partial charge in [0, 0.05) is 12.0 Å². The van der Waals surface area contributed by atoms with Crippen LogP contribution in [0.25, 0.3) is 0 Å². The number of thioether (sulfide) groups is 1. The second kappa shape index (κ2) is 3.58. The van der Waals surface area contributed by atoms with Gasteiger partial charge in [-0.25, -0.2) is 5.01 Å². The molecule has 0 bridgehead atoms. The van der Waals surface area contributed by atoms with Gasteiger partial charge in [0.1, 0.15) is 0 Å². The van der Waals surface area contributed by atoms with Crippen molar-refractivity contribution in [3.63, 3.8) is 0 Å². The van der Waals surface area contributed by atoms with Gasteiger partial charge in [-0.1, -0.05) is 11.8 Å². The lowest BCUT2D eigenvalue weighted by atomic mass is 10.7. The van der Waals surface area contributed by atoms with E-state index in [1.165, 1.54) is 16.8 Å². The average molecular weight is 160 g/mol. The molecule has 0 spiro atoms. The Morgan fingerprint density at radius 2 is 2.70 bits per heavy atom. The van der Waals surface area contributed by atoms with Gasteiger partial charge >= 0.3 is 5.24 Å². The number of hydrazone groups is 1. The number of β-amino-alcohol motifs (C(OH)–C–C–N with tert-alkyl or cyclic N) is 1. The highest BCUT2D eigenvalue weighted by atomic mass is 32.2. The maximum Gasteiger partial charge on any atom is 0.302 e. The third-order valence-corrected chi connectivity index (χ3v) is 1.80. The van der Waals surface area contributed by atoms with E-state index < -0.39 is 0 Å². The Kier molecular flexibility index (Phi) is 2.70. The number of carbonyl (C=O) groups excluding carboxylic acids is 1. The molecule has 0 aromatic carbocycles. The Hall–Kier alpha value is -0.550. The van der Waals surface area contributed by atoms with Gasteiger partial charge in [0.15, 0.2) is 0 Å². The number of hydrogen-bond acceptors (Lipinski definition) is 4. The fraction of sp³-hybridized carbons (Fsp3) is 0.600. The second-order valence-electron chi connectivity index (χ2n) is 1.72. The molecule has 0 saturated carbocycles. The first kappa shape index (κ1) is 7.56. The minimum atomic E-state index is -0.0865. The molecule has 0 radical (unpaired) electrons. The zero-order chi connectivity index (χ0) is 7.40.